The van der Waals surface area contributed by atoms with E-state index in [4.69, 9.17) is 0 Å². The van der Waals surface area contributed by atoms with Crippen LogP contribution in [-0.2, 0) is 20.0 Å². The summed E-state index contributed by atoms with van der Waals surface area (Å²) in [5.41, 5.74) is 3.39. The van der Waals surface area contributed by atoms with E-state index < -0.39 is 26.1 Å². The first kappa shape index (κ1) is 22.0. The van der Waals surface area contributed by atoms with Gasteiger partial charge in [0, 0.05) is 25.7 Å². The van der Waals surface area contributed by atoms with Crippen LogP contribution in [0.25, 0.3) is 0 Å². The molecule has 0 aromatic heterocycles. The highest BCUT2D eigenvalue weighted by Gasteiger charge is 2.38. The van der Waals surface area contributed by atoms with Gasteiger partial charge >= 0.3 is 0 Å². The molecule has 1 atom stereocenters. The predicted molar refractivity (Wildman–Crippen MR) is 114 cm³/mol. The first-order valence-electron chi connectivity index (χ1n) is 9.61. The molecule has 29 heavy (non-hydrogen) atoms. The van der Waals surface area contributed by atoms with E-state index in [0.717, 1.165) is 11.1 Å². The summed E-state index contributed by atoms with van der Waals surface area (Å²) in [4.78, 5) is 0.557. The Bertz CT molecular complexity index is 1140. The zero-order valence-corrected chi connectivity index (χ0v) is 19.1. The third-order valence-electron chi connectivity index (χ3n) is 5.39. The molecule has 0 radical (unpaired) electrons. The summed E-state index contributed by atoms with van der Waals surface area (Å²) in [6.45, 7) is 9.54. The SMILES string of the molecule is Cc1ccc(S(=O)(=O)N2CCN(S(=O)(=O)c3ccc(C)cc3C)C(C)C2)c(C)c1. The normalized spacial score (nSPS) is 19.4. The highest BCUT2D eigenvalue weighted by atomic mass is 32.2. The standard InChI is InChI=1S/C21H28N2O4S2/c1-15-6-8-20(17(3)12-15)28(24,25)22-10-11-23(19(5)14-22)29(26,27)21-9-7-16(2)13-18(21)4/h6-9,12-13,19H,10-11,14H2,1-5H3. The zero-order valence-electron chi connectivity index (χ0n) is 17.5. The minimum atomic E-state index is -3.69. The number of piperazine rings is 1. The van der Waals surface area contributed by atoms with E-state index in [1.54, 1.807) is 45.0 Å². The van der Waals surface area contributed by atoms with E-state index in [1.807, 2.05) is 26.0 Å². The summed E-state index contributed by atoms with van der Waals surface area (Å²) >= 11 is 0. The van der Waals surface area contributed by atoms with Crippen LogP contribution in [0.15, 0.2) is 46.2 Å². The average molecular weight is 437 g/mol. The van der Waals surface area contributed by atoms with Crippen molar-refractivity contribution in [2.75, 3.05) is 19.6 Å². The third-order valence-corrected chi connectivity index (χ3v) is 9.59. The molecule has 3 rings (SSSR count). The smallest absolute Gasteiger partial charge is 0.207 e. The van der Waals surface area contributed by atoms with Gasteiger partial charge in [0.2, 0.25) is 20.0 Å². The first-order chi connectivity index (χ1) is 13.4. The first-order valence-corrected chi connectivity index (χ1v) is 12.5. The van der Waals surface area contributed by atoms with Crippen LogP contribution in [0.2, 0.25) is 0 Å². The molecule has 1 aliphatic rings. The van der Waals surface area contributed by atoms with Crippen LogP contribution < -0.4 is 0 Å². The lowest BCUT2D eigenvalue weighted by Crippen LogP contribution is -2.55. The second-order valence-electron chi connectivity index (χ2n) is 7.87. The van der Waals surface area contributed by atoms with Crippen LogP contribution in [-0.4, -0.2) is 51.1 Å². The van der Waals surface area contributed by atoms with Gasteiger partial charge in [0.1, 0.15) is 0 Å². The molecule has 0 amide bonds. The van der Waals surface area contributed by atoms with E-state index in [1.165, 1.54) is 8.61 Å². The molecule has 0 saturated carbocycles. The van der Waals surface area contributed by atoms with Gasteiger partial charge in [-0.25, -0.2) is 16.8 Å². The molecule has 0 aliphatic carbocycles. The van der Waals surface area contributed by atoms with Gasteiger partial charge in [-0.15, -0.1) is 0 Å². The van der Waals surface area contributed by atoms with Crippen molar-refractivity contribution in [3.63, 3.8) is 0 Å². The van der Waals surface area contributed by atoms with Crippen LogP contribution in [0.3, 0.4) is 0 Å². The fourth-order valence-corrected chi connectivity index (χ4v) is 7.46. The molecule has 1 fully saturated rings. The number of benzene rings is 2. The lowest BCUT2D eigenvalue weighted by atomic mass is 10.2. The fraction of sp³-hybridized carbons (Fsp3) is 0.429. The minimum absolute atomic E-state index is 0.125. The Morgan fingerprint density at radius 3 is 1.69 bits per heavy atom. The Kier molecular flexibility index (Phi) is 5.93. The van der Waals surface area contributed by atoms with E-state index in [-0.39, 0.29) is 29.4 Å². The van der Waals surface area contributed by atoms with Gasteiger partial charge in [-0.2, -0.15) is 8.61 Å². The van der Waals surface area contributed by atoms with Crippen molar-refractivity contribution in [2.24, 2.45) is 0 Å². The molecule has 1 unspecified atom stereocenters. The molecule has 0 N–H and O–H groups in total. The summed E-state index contributed by atoms with van der Waals surface area (Å²) in [6.07, 6.45) is 0. The van der Waals surface area contributed by atoms with Crippen LogP contribution in [0.5, 0.6) is 0 Å². The molecule has 0 bridgehead atoms. The van der Waals surface area contributed by atoms with Gasteiger partial charge in [-0.05, 0) is 57.9 Å². The lowest BCUT2D eigenvalue weighted by molar-refractivity contribution is 0.212. The number of nitrogens with zero attached hydrogens (tertiary/aromatic N) is 2. The molecular formula is C21H28N2O4S2. The number of rotatable bonds is 4. The fourth-order valence-electron chi connectivity index (χ4n) is 3.93. The Balaban J connectivity index is 1.87. The summed E-state index contributed by atoms with van der Waals surface area (Å²) in [7, 11) is -7.37. The van der Waals surface area contributed by atoms with Gasteiger partial charge in [0.15, 0.2) is 0 Å². The second kappa shape index (κ2) is 7.83. The van der Waals surface area contributed by atoms with Crippen molar-refractivity contribution in [1.29, 1.82) is 0 Å². The molecule has 1 heterocycles. The minimum Gasteiger partial charge on any atom is -0.207 e. The molecule has 2 aromatic carbocycles. The summed E-state index contributed by atoms with van der Waals surface area (Å²) in [5, 5.41) is 0. The third kappa shape index (κ3) is 4.12. The van der Waals surface area contributed by atoms with Gasteiger partial charge in [-0.3, -0.25) is 0 Å². The Morgan fingerprint density at radius 2 is 1.24 bits per heavy atom. The van der Waals surface area contributed by atoms with Crippen LogP contribution in [0.1, 0.15) is 29.2 Å². The monoisotopic (exact) mass is 436 g/mol. The summed E-state index contributed by atoms with van der Waals surface area (Å²) < 4.78 is 55.5. The number of hydrogen-bond acceptors (Lipinski definition) is 4. The molecule has 0 spiro atoms. The van der Waals surface area contributed by atoms with E-state index >= 15 is 0 Å². The second-order valence-corrected chi connectivity index (χ2v) is 11.6. The van der Waals surface area contributed by atoms with Crippen LogP contribution >= 0.6 is 0 Å². The lowest BCUT2D eigenvalue weighted by Gasteiger charge is -2.38. The van der Waals surface area contributed by atoms with E-state index in [0.29, 0.717) is 11.1 Å². The van der Waals surface area contributed by atoms with Crippen molar-refractivity contribution in [3.8, 4) is 0 Å². The van der Waals surface area contributed by atoms with Gasteiger partial charge in [0.05, 0.1) is 9.79 Å². The van der Waals surface area contributed by atoms with Crippen LogP contribution in [0.4, 0.5) is 0 Å². The van der Waals surface area contributed by atoms with Crippen LogP contribution in [0, 0.1) is 27.7 Å². The van der Waals surface area contributed by atoms with Crippen molar-refractivity contribution in [1.82, 2.24) is 8.61 Å². The van der Waals surface area contributed by atoms with Gasteiger partial charge in [0.25, 0.3) is 0 Å². The molecule has 158 valence electrons. The summed E-state index contributed by atoms with van der Waals surface area (Å²) in [5.74, 6) is 0. The topological polar surface area (TPSA) is 74.8 Å². The van der Waals surface area contributed by atoms with Crippen molar-refractivity contribution in [2.45, 2.75) is 50.5 Å². The molecule has 8 heteroatoms. The van der Waals surface area contributed by atoms with Gasteiger partial charge in [-0.1, -0.05) is 35.4 Å². The highest BCUT2D eigenvalue weighted by Crippen LogP contribution is 2.28. The quantitative estimate of drug-likeness (QED) is 0.738. The molecular weight excluding hydrogens is 408 g/mol. The largest absolute Gasteiger partial charge is 0.243 e. The highest BCUT2D eigenvalue weighted by molar-refractivity contribution is 7.89. The molecule has 2 aromatic rings. The molecule has 6 nitrogen and oxygen atoms in total. The van der Waals surface area contributed by atoms with E-state index in [2.05, 4.69) is 0 Å². The number of sulfonamides is 2. The number of aryl methyl sites for hydroxylation is 4. The maximum Gasteiger partial charge on any atom is 0.243 e. The zero-order chi connectivity index (χ0) is 21.6. The van der Waals surface area contributed by atoms with Crippen molar-refractivity contribution >= 4 is 20.0 Å². The average Bonchev–Trinajstić information content (AvgIpc) is 2.60. The molecule has 1 aliphatic heterocycles. The molecule has 1 saturated heterocycles. The Morgan fingerprint density at radius 1 is 0.759 bits per heavy atom. The van der Waals surface area contributed by atoms with Gasteiger partial charge < -0.3 is 0 Å². The van der Waals surface area contributed by atoms with E-state index in [9.17, 15) is 16.8 Å². The Labute approximate surface area is 174 Å². The number of hydrogen-bond donors (Lipinski definition) is 0. The maximum atomic E-state index is 13.2. The maximum absolute atomic E-state index is 13.2. The van der Waals surface area contributed by atoms with Crippen molar-refractivity contribution in [3.05, 3.63) is 58.7 Å². The predicted octanol–water partition coefficient (Wildman–Crippen LogP) is 3.00. The summed E-state index contributed by atoms with van der Waals surface area (Å²) in [6, 6.07) is 10.1. The van der Waals surface area contributed by atoms with Crippen molar-refractivity contribution < 1.29 is 16.8 Å². The Hall–Kier alpha value is -1.74.